The number of hydrogen-bond donors (Lipinski definition) is 1. The van der Waals surface area contributed by atoms with E-state index in [9.17, 15) is 9.59 Å². The summed E-state index contributed by atoms with van der Waals surface area (Å²) in [6.45, 7) is 9.27. The number of hydrogen-bond acceptors (Lipinski definition) is 3. The van der Waals surface area contributed by atoms with Gasteiger partial charge in [-0.15, -0.1) is 0 Å². The lowest BCUT2D eigenvalue weighted by Crippen LogP contribution is -2.68. The number of piperazine rings is 1. The van der Waals surface area contributed by atoms with Gasteiger partial charge in [0, 0.05) is 6.61 Å². The second-order valence-corrected chi connectivity index (χ2v) is 6.32. The molecule has 0 bridgehead atoms. The Morgan fingerprint density at radius 3 is 2.55 bits per heavy atom. The van der Waals surface area contributed by atoms with Crippen LogP contribution in [0.2, 0.25) is 0 Å². The van der Waals surface area contributed by atoms with Crippen LogP contribution in [0.25, 0.3) is 0 Å². The number of nitrogens with one attached hydrogen (secondary N) is 1. The zero-order valence-electron chi connectivity index (χ0n) is 12.9. The van der Waals surface area contributed by atoms with Gasteiger partial charge >= 0.3 is 0 Å². The Morgan fingerprint density at radius 2 is 2.05 bits per heavy atom. The standard InChI is InChI=1S/C15H26N2O3/c1-5-10(4)12-15(19)17(11-6-7-20-8-11)13(9(2)3)14(18)16-12/h9-13H,5-8H2,1-4H3,(H,16,18). The Bertz CT molecular complexity index is 377. The minimum atomic E-state index is -0.386. The molecule has 20 heavy (non-hydrogen) atoms. The second kappa shape index (κ2) is 6.12. The molecule has 0 aromatic carbocycles. The Hall–Kier alpha value is -1.10. The summed E-state index contributed by atoms with van der Waals surface area (Å²) in [6, 6.07) is -0.704. The van der Waals surface area contributed by atoms with Gasteiger partial charge in [-0.1, -0.05) is 34.1 Å². The van der Waals surface area contributed by atoms with E-state index in [1.807, 2.05) is 32.6 Å². The molecule has 2 heterocycles. The predicted molar refractivity (Wildman–Crippen MR) is 76.1 cm³/mol. The van der Waals surface area contributed by atoms with E-state index < -0.39 is 0 Å². The third kappa shape index (κ3) is 2.68. The van der Waals surface area contributed by atoms with E-state index >= 15 is 0 Å². The van der Waals surface area contributed by atoms with Crippen molar-refractivity contribution in [2.45, 2.75) is 58.7 Å². The molecule has 4 unspecified atom stereocenters. The molecule has 0 aromatic heterocycles. The van der Waals surface area contributed by atoms with Crippen LogP contribution < -0.4 is 5.32 Å². The van der Waals surface area contributed by atoms with Crippen LogP contribution >= 0.6 is 0 Å². The molecular weight excluding hydrogens is 256 g/mol. The van der Waals surface area contributed by atoms with Crippen LogP contribution in [0.3, 0.4) is 0 Å². The molecular formula is C15H26N2O3. The zero-order valence-corrected chi connectivity index (χ0v) is 12.9. The molecule has 0 radical (unpaired) electrons. The molecule has 114 valence electrons. The van der Waals surface area contributed by atoms with Crippen LogP contribution in [0.4, 0.5) is 0 Å². The van der Waals surface area contributed by atoms with Crippen LogP contribution in [-0.4, -0.2) is 48.1 Å². The van der Waals surface area contributed by atoms with Crippen molar-refractivity contribution < 1.29 is 14.3 Å². The van der Waals surface area contributed by atoms with E-state index in [-0.39, 0.29) is 41.8 Å². The first kappa shape index (κ1) is 15.3. The van der Waals surface area contributed by atoms with Gasteiger partial charge in [0.05, 0.1) is 12.6 Å². The van der Waals surface area contributed by atoms with Crippen molar-refractivity contribution in [2.24, 2.45) is 11.8 Å². The summed E-state index contributed by atoms with van der Waals surface area (Å²) in [5.41, 5.74) is 0. The summed E-state index contributed by atoms with van der Waals surface area (Å²) < 4.78 is 5.42. The largest absolute Gasteiger partial charge is 0.379 e. The highest BCUT2D eigenvalue weighted by Gasteiger charge is 2.46. The molecule has 2 amide bonds. The predicted octanol–water partition coefficient (Wildman–Crippen LogP) is 1.17. The third-order valence-corrected chi connectivity index (χ3v) is 4.53. The normalized spacial score (nSPS) is 32.6. The Labute approximate surface area is 121 Å². The van der Waals surface area contributed by atoms with Crippen LogP contribution in [0, 0.1) is 11.8 Å². The van der Waals surface area contributed by atoms with E-state index in [1.54, 1.807) is 0 Å². The molecule has 4 atom stereocenters. The van der Waals surface area contributed by atoms with Gasteiger partial charge in [0.2, 0.25) is 11.8 Å². The summed E-state index contributed by atoms with van der Waals surface area (Å²) >= 11 is 0. The van der Waals surface area contributed by atoms with E-state index in [1.165, 1.54) is 0 Å². The number of carbonyl (C=O) groups excluding carboxylic acids is 2. The lowest BCUT2D eigenvalue weighted by Gasteiger charge is -2.44. The van der Waals surface area contributed by atoms with Crippen molar-refractivity contribution in [3.63, 3.8) is 0 Å². The van der Waals surface area contributed by atoms with E-state index in [4.69, 9.17) is 4.74 Å². The van der Waals surface area contributed by atoms with Crippen LogP contribution in [-0.2, 0) is 14.3 Å². The molecule has 0 aromatic rings. The number of carbonyl (C=O) groups is 2. The lowest BCUT2D eigenvalue weighted by atomic mass is 9.89. The molecule has 2 rings (SSSR count). The molecule has 0 aliphatic carbocycles. The van der Waals surface area contributed by atoms with Crippen LogP contribution in [0.5, 0.6) is 0 Å². The molecule has 2 fully saturated rings. The average molecular weight is 282 g/mol. The van der Waals surface area contributed by atoms with Gasteiger partial charge in [-0.25, -0.2) is 0 Å². The quantitative estimate of drug-likeness (QED) is 0.842. The molecule has 0 saturated carbocycles. The minimum Gasteiger partial charge on any atom is -0.379 e. The fourth-order valence-electron chi connectivity index (χ4n) is 3.12. The second-order valence-electron chi connectivity index (χ2n) is 6.32. The first-order valence-corrected chi connectivity index (χ1v) is 7.67. The lowest BCUT2D eigenvalue weighted by molar-refractivity contribution is -0.155. The molecule has 2 saturated heterocycles. The molecule has 1 N–H and O–H groups in total. The Balaban J connectivity index is 2.28. The van der Waals surface area contributed by atoms with E-state index in [2.05, 4.69) is 5.32 Å². The van der Waals surface area contributed by atoms with Gasteiger partial charge in [0.1, 0.15) is 12.1 Å². The van der Waals surface area contributed by atoms with Crippen LogP contribution in [0.1, 0.15) is 40.5 Å². The van der Waals surface area contributed by atoms with Gasteiger partial charge < -0.3 is 15.0 Å². The Kier molecular flexibility index (Phi) is 4.68. The summed E-state index contributed by atoms with van der Waals surface area (Å²) in [6.07, 6.45) is 1.70. The monoisotopic (exact) mass is 282 g/mol. The van der Waals surface area contributed by atoms with Crippen molar-refractivity contribution in [3.05, 3.63) is 0 Å². The highest BCUT2D eigenvalue weighted by atomic mass is 16.5. The minimum absolute atomic E-state index is 0.0169. The van der Waals surface area contributed by atoms with Crippen LogP contribution in [0.15, 0.2) is 0 Å². The topological polar surface area (TPSA) is 58.6 Å². The summed E-state index contributed by atoms with van der Waals surface area (Å²) in [4.78, 5) is 27.1. The van der Waals surface area contributed by atoms with Crippen molar-refractivity contribution in [2.75, 3.05) is 13.2 Å². The summed E-state index contributed by atoms with van der Waals surface area (Å²) in [5, 5.41) is 2.93. The number of nitrogens with zero attached hydrogens (tertiary/aromatic N) is 1. The van der Waals surface area contributed by atoms with Gasteiger partial charge in [-0.2, -0.15) is 0 Å². The molecule has 2 aliphatic heterocycles. The van der Waals surface area contributed by atoms with Gasteiger partial charge in [0.15, 0.2) is 0 Å². The van der Waals surface area contributed by atoms with Crippen molar-refractivity contribution >= 4 is 11.8 Å². The maximum absolute atomic E-state index is 12.8. The van der Waals surface area contributed by atoms with E-state index in [0.717, 1.165) is 12.8 Å². The number of amides is 2. The summed E-state index contributed by atoms with van der Waals surface area (Å²) in [7, 11) is 0. The Morgan fingerprint density at radius 1 is 1.35 bits per heavy atom. The first-order chi connectivity index (χ1) is 9.47. The summed E-state index contributed by atoms with van der Waals surface area (Å²) in [5.74, 6) is 0.312. The average Bonchev–Trinajstić information content (AvgIpc) is 2.92. The maximum atomic E-state index is 12.8. The smallest absolute Gasteiger partial charge is 0.246 e. The number of ether oxygens (including phenoxy) is 1. The maximum Gasteiger partial charge on any atom is 0.246 e. The van der Waals surface area contributed by atoms with Gasteiger partial charge in [-0.05, 0) is 18.3 Å². The number of rotatable bonds is 4. The van der Waals surface area contributed by atoms with Crippen molar-refractivity contribution in [3.8, 4) is 0 Å². The van der Waals surface area contributed by atoms with Crippen molar-refractivity contribution in [1.29, 1.82) is 0 Å². The van der Waals surface area contributed by atoms with E-state index in [0.29, 0.717) is 13.2 Å². The SMILES string of the molecule is CCC(C)C1NC(=O)C(C(C)C)N(C2CCOC2)C1=O. The fourth-order valence-corrected chi connectivity index (χ4v) is 3.12. The molecule has 2 aliphatic rings. The third-order valence-electron chi connectivity index (χ3n) is 4.53. The molecule has 0 spiro atoms. The van der Waals surface area contributed by atoms with Crippen molar-refractivity contribution in [1.82, 2.24) is 10.2 Å². The van der Waals surface area contributed by atoms with Gasteiger partial charge in [-0.3, -0.25) is 9.59 Å². The zero-order chi connectivity index (χ0) is 14.9. The first-order valence-electron chi connectivity index (χ1n) is 7.67. The fraction of sp³-hybridized carbons (Fsp3) is 0.867. The molecule has 5 nitrogen and oxygen atoms in total. The highest BCUT2D eigenvalue weighted by Crippen LogP contribution is 2.27. The highest BCUT2D eigenvalue weighted by molar-refractivity contribution is 5.97. The van der Waals surface area contributed by atoms with Gasteiger partial charge in [0.25, 0.3) is 0 Å². The molecule has 5 heteroatoms.